The SMILES string of the molecule is N/C(C=O)=C\N(N)c1ccnc(Cl)c1F. The van der Waals surface area contributed by atoms with Gasteiger partial charge in [0.2, 0.25) is 0 Å². The summed E-state index contributed by atoms with van der Waals surface area (Å²) in [6.45, 7) is 0. The Kier molecular flexibility index (Phi) is 3.59. The number of nitrogens with two attached hydrogens (primary N) is 2. The second-order valence-electron chi connectivity index (χ2n) is 2.59. The van der Waals surface area contributed by atoms with Crippen LogP contribution in [0.15, 0.2) is 24.2 Å². The standard InChI is InChI=1S/C8H8ClFN4O/c9-8-7(10)6(1-2-13-8)14(12)3-5(11)4-15/h1-4H,11-12H2/b5-3-. The van der Waals surface area contributed by atoms with E-state index in [9.17, 15) is 9.18 Å². The number of allylic oxidation sites excluding steroid dienone is 1. The molecule has 0 saturated carbocycles. The summed E-state index contributed by atoms with van der Waals surface area (Å²) < 4.78 is 13.3. The molecule has 0 fully saturated rings. The Balaban J connectivity index is 3.06. The van der Waals surface area contributed by atoms with E-state index in [0.717, 1.165) is 11.2 Å². The van der Waals surface area contributed by atoms with Crippen molar-refractivity contribution in [1.29, 1.82) is 0 Å². The number of carbonyl (C=O) groups is 1. The van der Waals surface area contributed by atoms with Gasteiger partial charge < -0.3 is 5.73 Å². The number of aromatic nitrogens is 1. The van der Waals surface area contributed by atoms with Crippen LogP contribution in [0.1, 0.15) is 0 Å². The van der Waals surface area contributed by atoms with Crippen molar-refractivity contribution in [3.8, 4) is 0 Å². The number of carbonyl (C=O) groups excluding carboxylic acids is 1. The summed E-state index contributed by atoms with van der Waals surface area (Å²) in [7, 11) is 0. The average molecular weight is 231 g/mol. The van der Waals surface area contributed by atoms with Gasteiger partial charge in [0.15, 0.2) is 17.3 Å². The van der Waals surface area contributed by atoms with Gasteiger partial charge in [0, 0.05) is 12.4 Å². The predicted molar refractivity (Wildman–Crippen MR) is 54.2 cm³/mol. The van der Waals surface area contributed by atoms with Crippen LogP contribution in [-0.2, 0) is 4.79 Å². The molecule has 1 aromatic heterocycles. The van der Waals surface area contributed by atoms with E-state index >= 15 is 0 Å². The van der Waals surface area contributed by atoms with E-state index in [0.29, 0.717) is 6.29 Å². The van der Waals surface area contributed by atoms with Crippen LogP contribution in [-0.4, -0.2) is 11.3 Å². The van der Waals surface area contributed by atoms with Gasteiger partial charge >= 0.3 is 0 Å². The molecule has 5 nitrogen and oxygen atoms in total. The van der Waals surface area contributed by atoms with Crippen molar-refractivity contribution in [2.24, 2.45) is 11.6 Å². The molecule has 15 heavy (non-hydrogen) atoms. The Labute approximate surface area is 90.1 Å². The van der Waals surface area contributed by atoms with Gasteiger partial charge in [-0.1, -0.05) is 11.6 Å². The van der Waals surface area contributed by atoms with Gasteiger partial charge in [-0.25, -0.2) is 15.2 Å². The summed E-state index contributed by atoms with van der Waals surface area (Å²) in [6, 6.07) is 1.30. The maximum Gasteiger partial charge on any atom is 0.185 e. The highest BCUT2D eigenvalue weighted by Crippen LogP contribution is 2.21. The van der Waals surface area contributed by atoms with E-state index in [4.69, 9.17) is 23.2 Å². The third-order valence-corrected chi connectivity index (χ3v) is 1.79. The minimum atomic E-state index is -0.781. The maximum atomic E-state index is 13.3. The Morgan fingerprint density at radius 3 is 2.93 bits per heavy atom. The zero-order valence-corrected chi connectivity index (χ0v) is 8.28. The van der Waals surface area contributed by atoms with E-state index in [1.54, 1.807) is 0 Å². The van der Waals surface area contributed by atoms with E-state index in [1.807, 2.05) is 0 Å². The Hall–Kier alpha value is -1.66. The largest absolute Gasteiger partial charge is 0.395 e. The lowest BCUT2D eigenvalue weighted by atomic mass is 10.4. The van der Waals surface area contributed by atoms with E-state index in [-0.39, 0.29) is 16.5 Å². The molecule has 80 valence electrons. The Morgan fingerprint density at radius 1 is 1.67 bits per heavy atom. The number of hydrogen-bond acceptors (Lipinski definition) is 5. The fourth-order valence-electron chi connectivity index (χ4n) is 0.869. The monoisotopic (exact) mass is 230 g/mol. The zero-order chi connectivity index (χ0) is 11.4. The van der Waals surface area contributed by atoms with Gasteiger partial charge in [0.25, 0.3) is 0 Å². The van der Waals surface area contributed by atoms with Crippen LogP contribution < -0.4 is 16.6 Å². The lowest BCUT2D eigenvalue weighted by molar-refractivity contribution is -0.105. The highest BCUT2D eigenvalue weighted by Gasteiger charge is 2.10. The molecule has 1 rings (SSSR count). The average Bonchev–Trinajstić information content (AvgIpc) is 2.21. The third-order valence-electron chi connectivity index (χ3n) is 1.53. The summed E-state index contributed by atoms with van der Waals surface area (Å²) >= 11 is 5.44. The van der Waals surface area contributed by atoms with Gasteiger partial charge in [0.05, 0.1) is 11.4 Å². The molecule has 0 bridgehead atoms. The molecule has 0 aliphatic rings. The van der Waals surface area contributed by atoms with Crippen molar-refractivity contribution in [2.75, 3.05) is 5.01 Å². The first-order chi connectivity index (χ1) is 7.06. The fraction of sp³-hybridized carbons (Fsp3) is 0. The van der Waals surface area contributed by atoms with Gasteiger partial charge in [-0.2, -0.15) is 0 Å². The molecule has 0 atom stereocenters. The predicted octanol–water partition coefficient (Wildman–Crippen LogP) is 0.553. The minimum absolute atomic E-state index is 0.0280. The van der Waals surface area contributed by atoms with E-state index in [2.05, 4.69) is 4.98 Å². The van der Waals surface area contributed by atoms with Crippen LogP contribution in [0, 0.1) is 5.82 Å². The smallest absolute Gasteiger partial charge is 0.185 e. The normalized spacial score (nSPS) is 11.3. The fourth-order valence-corrected chi connectivity index (χ4v) is 1.02. The first kappa shape index (κ1) is 11.4. The van der Waals surface area contributed by atoms with Crippen LogP contribution >= 0.6 is 11.6 Å². The third kappa shape index (κ3) is 2.64. The summed E-state index contributed by atoms with van der Waals surface area (Å²) in [5.41, 5.74) is 5.04. The van der Waals surface area contributed by atoms with Crippen molar-refractivity contribution < 1.29 is 9.18 Å². The lowest BCUT2D eigenvalue weighted by Gasteiger charge is -2.14. The quantitative estimate of drug-likeness (QED) is 0.260. The molecule has 0 aliphatic heterocycles. The minimum Gasteiger partial charge on any atom is -0.395 e. The number of hydrogen-bond donors (Lipinski definition) is 2. The number of hydrazine groups is 1. The lowest BCUT2D eigenvalue weighted by Crippen LogP contribution is -2.27. The Morgan fingerprint density at radius 2 is 2.33 bits per heavy atom. The summed E-state index contributed by atoms with van der Waals surface area (Å²) in [5.74, 6) is 4.65. The molecule has 1 aromatic rings. The number of halogens is 2. The van der Waals surface area contributed by atoms with Crippen molar-refractivity contribution in [3.63, 3.8) is 0 Å². The van der Waals surface area contributed by atoms with Gasteiger partial charge in [-0.05, 0) is 6.07 Å². The highest BCUT2D eigenvalue weighted by atomic mass is 35.5. The molecule has 0 amide bonds. The van der Waals surface area contributed by atoms with Crippen LogP contribution in [0.3, 0.4) is 0 Å². The topological polar surface area (TPSA) is 85.2 Å². The van der Waals surface area contributed by atoms with Crippen LogP contribution in [0.25, 0.3) is 0 Å². The van der Waals surface area contributed by atoms with Gasteiger partial charge in [-0.3, -0.25) is 9.80 Å². The van der Waals surface area contributed by atoms with E-state index < -0.39 is 5.82 Å². The number of rotatable bonds is 3. The second kappa shape index (κ2) is 4.72. The first-order valence-corrected chi connectivity index (χ1v) is 4.20. The molecule has 0 spiro atoms. The van der Waals surface area contributed by atoms with Crippen molar-refractivity contribution >= 4 is 23.6 Å². The molecule has 0 aliphatic carbocycles. The highest BCUT2D eigenvalue weighted by molar-refractivity contribution is 6.29. The molecule has 7 heteroatoms. The van der Waals surface area contributed by atoms with Crippen molar-refractivity contribution in [3.05, 3.63) is 35.1 Å². The van der Waals surface area contributed by atoms with Gasteiger partial charge in [0.1, 0.15) is 0 Å². The zero-order valence-electron chi connectivity index (χ0n) is 7.52. The maximum absolute atomic E-state index is 13.3. The number of pyridine rings is 1. The van der Waals surface area contributed by atoms with Crippen LogP contribution in [0.2, 0.25) is 5.15 Å². The van der Waals surface area contributed by atoms with Crippen LogP contribution in [0.4, 0.5) is 10.1 Å². The molecule has 0 unspecified atom stereocenters. The number of anilines is 1. The molecular formula is C8H8ClFN4O. The molecule has 4 N–H and O–H groups in total. The van der Waals surface area contributed by atoms with Crippen LogP contribution in [0.5, 0.6) is 0 Å². The summed E-state index contributed by atoms with van der Waals surface area (Å²) in [4.78, 5) is 13.7. The second-order valence-corrected chi connectivity index (χ2v) is 2.95. The molecule has 1 heterocycles. The number of aldehydes is 1. The Bertz CT molecular complexity index is 410. The first-order valence-electron chi connectivity index (χ1n) is 3.82. The van der Waals surface area contributed by atoms with Crippen molar-refractivity contribution in [1.82, 2.24) is 4.98 Å². The summed E-state index contributed by atoms with van der Waals surface area (Å²) in [5, 5.41) is 0.549. The molecule has 0 saturated heterocycles. The van der Waals surface area contributed by atoms with Crippen molar-refractivity contribution in [2.45, 2.75) is 0 Å². The molecule has 0 radical (unpaired) electrons. The number of nitrogens with zero attached hydrogens (tertiary/aromatic N) is 2. The summed E-state index contributed by atoms with van der Waals surface area (Å²) in [6.07, 6.45) is 2.74. The van der Waals surface area contributed by atoms with Gasteiger partial charge in [-0.15, -0.1) is 0 Å². The van der Waals surface area contributed by atoms with E-state index in [1.165, 1.54) is 12.3 Å². The molecule has 0 aromatic carbocycles. The molecular weight excluding hydrogens is 223 g/mol.